The van der Waals surface area contributed by atoms with Crippen molar-refractivity contribution in [2.45, 2.75) is 19.3 Å². The van der Waals surface area contributed by atoms with Crippen LogP contribution in [-0.2, 0) is 16.0 Å². The van der Waals surface area contributed by atoms with E-state index < -0.39 is 0 Å². The predicted molar refractivity (Wildman–Crippen MR) is 108 cm³/mol. The van der Waals surface area contributed by atoms with Crippen molar-refractivity contribution in [2.24, 2.45) is 11.8 Å². The summed E-state index contributed by atoms with van der Waals surface area (Å²) in [6.07, 6.45) is 2.59. The van der Waals surface area contributed by atoms with E-state index in [1.807, 2.05) is 41.3 Å². The fourth-order valence-electron chi connectivity index (χ4n) is 3.86. The van der Waals surface area contributed by atoms with Crippen LogP contribution in [0.3, 0.4) is 0 Å². The van der Waals surface area contributed by atoms with Crippen molar-refractivity contribution in [3.8, 4) is 16.9 Å². The molecule has 146 valence electrons. The number of carbonyl (C=O) groups is 2. The van der Waals surface area contributed by atoms with Crippen molar-refractivity contribution in [2.75, 3.05) is 26.7 Å². The first-order chi connectivity index (χ1) is 13.7. The van der Waals surface area contributed by atoms with Crippen LogP contribution >= 0.6 is 0 Å². The third-order valence-corrected chi connectivity index (χ3v) is 5.62. The van der Waals surface area contributed by atoms with Crippen molar-refractivity contribution in [1.29, 1.82) is 0 Å². The number of carbonyl (C=O) groups excluding carboxylic acids is 2. The number of nitrogens with zero attached hydrogens (tertiary/aromatic N) is 1. The molecular formula is C23H26N2O3. The Morgan fingerprint density at radius 2 is 1.89 bits per heavy atom. The van der Waals surface area contributed by atoms with E-state index in [1.54, 1.807) is 7.11 Å². The van der Waals surface area contributed by atoms with Crippen LogP contribution in [0.2, 0.25) is 0 Å². The maximum absolute atomic E-state index is 12.6. The van der Waals surface area contributed by atoms with Gasteiger partial charge in [0.25, 0.3) is 0 Å². The van der Waals surface area contributed by atoms with Gasteiger partial charge in [0, 0.05) is 25.6 Å². The molecule has 1 aliphatic heterocycles. The second kappa shape index (κ2) is 8.05. The summed E-state index contributed by atoms with van der Waals surface area (Å²) in [6.45, 7) is 1.64. The molecule has 0 aromatic heterocycles. The molecule has 0 bridgehead atoms. The lowest BCUT2D eigenvalue weighted by molar-refractivity contribution is -0.133. The van der Waals surface area contributed by atoms with Crippen LogP contribution in [0.4, 0.5) is 0 Å². The van der Waals surface area contributed by atoms with E-state index >= 15 is 0 Å². The number of nitrogens with one attached hydrogen (secondary N) is 1. The molecule has 2 aromatic carbocycles. The molecule has 1 unspecified atom stereocenters. The molecule has 0 radical (unpaired) electrons. The van der Waals surface area contributed by atoms with Crippen molar-refractivity contribution < 1.29 is 14.3 Å². The largest absolute Gasteiger partial charge is 0.497 e. The Bertz CT molecular complexity index is 858. The van der Waals surface area contributed by atoms with E-state index in [4.69, 9.17) is 4.74 Å². The Morgan fingerprint density at radius 3 is 2.61 bits per heavy atom. The van der Waals surface area contributed by atoms with Crippen LogP contribution < -0.4 is 10.1 Å². The van der Waals surface area contributed by atoms with Crippen LogP contribution in [0, 0.1) is 11.8 Å². The van der Waals surface area contributed by atoms with Crippen molar-refractivity contribution in [3.63, 3.8) is 0 Å². The van der Waals surface area contributed by atoms with E-state index in [1.165, 1.54) is 0 Å². The molecule has 1 N–H and O–H groups in total. The second-order valence-corrected chi connectivity index (χ2v) is 7.64. The summed E-state index contributed by atoms with van der Waals surface area (Å²) < 4.78 is 5.25. The van der Waals surface area contributed by atoms with Gasteiger partial charge in [0.2, 0.25) is 11.8 Å². The Balaban J connectivity index is 1.56. The molecule has 2 aromatic rings. The minimum Gasteiger partial charge on any atom is -0.497 e. The van der Waals surface area contributed by atoms with Crippen LogP contribution in [0.1, 0.15) is 18.4 Å². The summed E-state index contributed by atoms with van der Waals surface area (Å²) in [5, 5.41) is 2.98. The molecule has 4 rings (SSSR count). The summed E-state index contributed by atoms with van der Waals surface area (Å²) in [5.74, 6) is 1.02. The number of benzene rings is 2. The highest BCUT2D eigenvalue weighted by Gasteiger charge is 2.36. The van der Waals surface area contributed by atoms with Gasteiger partial charge < -0.3 is 15.0 Å². The average Bonchev–Trinajstić information content (AvgIpc) is 3.58. The highest BCUT2D eigenvalue weighted by Crippen LogP contribution is 2.32. The Labute approximate surface area is 165 Å². The van der Waals surface area contributed by atoms with Gasteiger partial charge in [-0.15, -0.1) is 0 Å². The molecule has 2 amide bonds. The van der Waals surface area contributed by atoms with Crippen molar-refractivity contribution >= 4 is 11.8 Å². The molecule has 1 heterocycles. The number of ether oxygens (including phenoxy) is 1. The predicted octanol–water partition coefficient (Wildman–Crippen LogP) is 2.89. The maximum atomic E-state index is 12.6. The van der Waals surface area contributed by atoms with Gasteiger partial charge in [-0.3, -0.25) is 9.59 Å². The molecule has 1 aliphatic carbocycles. The minimum absolute atomic E-state index is 0.0376. The highest BCUT2D eigenvalue weighted by atomic mass is 16.5. The Hall–Kier alpha value is -2.82. The van der Waals surface area contributed by atoms with Crippen LogP contribution in [-0.4, -0.2) is 43.5 Å². The average molecular weight is 378 g/mol. The first kappa shape index (κ1) is 18.5. The second-order valence-electron chi connectivity index (χ2n) is 7.64. The van der Waals surface area contributed by atoms with E-state index in [0.29, 0.717) is 26.1 Å². The van der Waals surface area contributed by atoms with E-state index in [2.05, 4.69) is 17.4 Å². The highest BCUT2D eigenvalue weighted by molar-refractivity contribution is 5.84. The quantitative estimate of drug-likeness (QED) is 0.870. The first-order valence-corrected chi connectivity index (χ1v) is 9.94. The number of hydrogen-bond acceptors (Lipinski definition) is 3. The fraction of sp³-hybridized carbons (Fsp3) is 0.391. The van der Waals surface area contributed by atoms with Gasteiger partial charge in [-0.2, -0.15) is 0 Å². The summed E-state index contributed by atoms with van der Waals surface area (Å²) in [6, 6.07) is 16.1. The number of hydrogen-bond donors (Lipinski definition) is 1. The third-order valence-electron chi connectivity index (χ3n) is 5.62. The van der Waals surface area contributed by atoms with Crippen LogP contribution in [0.15, 0.2) is 48.5 Å². The summed E-state index contributed by atoms with van der Waals surface area (Å²) >= 11 is 0. The molecule has 1 saturated carbocycles. The summed E-state index contributed by atoms with van der Waals surface area (Å²) in [4.78, 5) is 27.1. The molecule has 0 spiro atoms. The van der Waals surface area contributed by atoms with E-state index in [-0.39, 0.29) is 23.7 Å². The molecule has 5 heteroatoms. The monoisotopic (exact) mass is 378 g/mol. The zero-order valence-electron chi connectivity index (χ0n) is 16.2. The smallest absolute Gasteiger partial charge is 0.225 e. The summed E-state index contributed by atoms with van der Waals surface area (Å²) in [7, 11) is 1.66. The van der Waals surface area contributed by atoms with Crippen molar-refractivity contribution in [3.05, 3.63) is 54.1 Å². The molecule has 2 aliphatic rings. The minimum atomic E-state index is -0.232. The normalized spacial score (nSPS) is 19.7. The van der Waals surface area contributed by atoms with Gasteiger partial charge in [0.15, 0.2) is 0 Å². The van der Waals surface area contributed by atoms with Crippen molar-refractivity contribution in [1.82, 2.24) is 10.2 Å². The van der Waals surface area contributed by atoms with Crippen LogP contribution in [0.25, 0.3) is 11.1 Å². The first-order valence-electron chi connectivity index (χ1n) is 9.94. The summed E-state index contributed by atoms with van der Waals surface area (Å²) in [5.41, 5.74) is 3.33. The van der Waals surface area contributed by atoms with Gasteiger partial charge in [-0.05, 0) is 48.1 Å². The molecule has 5 nitrogen and oxygen atoms in total. The SMILES string of the molecule is COc1ccc(-c2ccccc2CC2CN(C(=O)C3CC3)CCNC2=O)cc1. The molecular weight excluding hydrogens is 352 g/mol. The maximum Gasteiger partial charge on any atom is 0.225 e. The molecule has 2 fully saturated rings. The van der Waals surface area contributed by atoms with Gasteiger partial charge in [0.1, 0.15) is 5.75 Å². The standard InChI is InChI=1S/C23H26N2O3/c1-28-20-10-8-16(9-11-20)21-5-3-2-4-18(21)14-19-15-25(13-12-24-22(19)26)23(27)17-6-7-17/h2-5,8-11,17,19H,6-7,12-15H2,1H3,(H,24,26). The topological polar surface area (TPSA) is 58.6 Å². The van der Waals surface area contributed by atoms with Crippen LogP contribution in [0.5, 0.6) is 5.75 Å². The van der Waals surface area contributed by atoms with Gasteiger partial charge >= 0.3 is 0 Å². The number of amides is 2. The Kier molecular flexibility index (Phi) is 5.33. The van der Waals surface area contributed by atoms with Gasteiger partial charge in [0.05, 0.1) is 13.0 Å². The number of rotatable bonds is 5. The lowest BCUT2D eigenvalue weighted by Gasteiger charge is -2.24. The Morgan fingerprint density at radius 1 is 1.14 bits per heavy atom. The fourth-order valence-corrected chi connectivity index (χ4v) is 3.86. The lowest BCUT2D eigenvalue weighted by Crippen LogP contribution is -2.38. The number of methoxy groups -OCH3 is 1. The third kappa shape index (κ3) is 4.03. The zero-order valence-corrected chi connectivity index (χ0v) is 16.2. The molecule has 1 saturated heterocycles. The van der Waals surface area contributed by atoms with E-state index in [9.17, 15) is 9.59 Å². The lowest BCUT2D eigenvalue weighted by atomic mass is 9.91. The van der Waals surface area contributed by atoms with Gasteiger partial charge in [-0.1, -0.05) is 36.4 Å². The zero-order chi connectivity index (χ0) is 19.5. The molecule has 28 heavy (non-hydrogen) atoms. The van der Waals surface area contributed by atoms with Gasteiger partial charge in [-0.25, -0.2) is 0 Å². The van der Waals surface area contributed by atoms with E-state index in [0.717, 1.165) is 35.3 Å². The molecule has 1 atom stereocenters.